The number of nitrogens with zero attached hydrogens (tertiary/aromatic N) is 3. The molecular formula is C24H25N5O4. The molecule has 0 saturated heterocycles. The molecule has 1 aromatic heterocycles. The average Bonchev–Trinajstić information content (AvgIpc) is 3.18. The van der Waals surface area contributed by atoms with E-state index >= 15 is 0 Å². The third kappa shape index (κ3) is 6.68. The average molecular weight is 447 g/mol. The lowest BCUT2D eigenvalue weighted by Crippen LogP contribution is -2.16. The molecule has 9 nitrogen and oxygen atoms in total. The standard InChI is InChI=1S/C22H21N5O2.C2H4O2/c23-22-24-9-7-20(27-22)26-17-6-5-16-13-25-21(18(16)12-17)19(29)11-15-3-1-14(2-4-15)8-10-28;1-2(3)4/h1-7,9,12,28H,8,10-11,13H2,(H3,23,24,26,27);1H3,(H,3,4). The second-order valence-corrected chi connectivity index (χ2v) is 7.37. The number of nitrogens with two attached hydrogens (primary N) is 1. The van der Waals surface area contributed by atoms with Crippen molar-refractivity contribution < 1.29 is 19.8 Å². The van der Waals surface area contributed by atoms with E-state index in [2.05, 4.69) is 20.3 Å². The molecule has 0 atom stereocenters. The van der Waals surface area contributed by atoms with Crippen LogP contribution in [0.4, 0.5) is 17.5 Å². The van der Waals surface area contributed by atoms with Gasteiger partial charge < -0.3 is 21.3 Å². The van der Waals surface area contributed by atoms with Gasteiger partial charge in [0.25, 0.3) is 5.97 Å². The maximum Gasteiger partial charge on any atom is 0.300 e. The lowest BCUT2D eigenvalue weighted by molar-refractivity contribution is -0.134. The zero-order valence-electron chi connectivity index (χ0n) is 18.2. The van der Waals surface area contributed by atoms with Crippen molar-refractivity contribution in [3.05, 3.63) is 77.0 Å². The van der Waals surface area contributed by atoms with E-state index in [1.54, 1.807) is 12.3 Å². The number of hydrogen-bond acceptors (Lipinski definition) is 8. The summed E-state index contributed by atoms with van der Waals surface area (Å²) in [5, 5.41) is 19.6. The number of benzene rings is 2. The van der Waals surface area contributed by atoms with E-state index in [0.717, 1.165) is 34.9 Å². The highest BCUT2D eigenvalue weighted by molar-refractivity contribution is 6.47. The number of aromatic nitrogens is 2. The molecule has 0 saturated carbocycles. The Morgan fingerprint density at radius 3 is 2.45 bits per heavy atom. The van der Waals surface area contributed by atoms with Gasteiger partial charge in [-0.05, 0) is 41.3 Å². The lowest BCUT2D eigenvalue weighted by Gasteiger charge is -2.09. The number of Topliss-reactive ketones (excluding diaryl/α,β-unsaturated/α-hetero) is 1. The van der Waals surface area contributed by atoms with Crippen LogP contribution in [0.5, 0.6) is 0 Å². The Morgan fingerprint density at radius 2 is 1.79 bits per heavy atom. The number of carboxylic acid groups (broad SMARTS) is 1. The van der Waals surface area contributed by atoms with E-state index in [-0.39, 0.29) is 24.8 Å². The highest BCUT2D eigenvalue weighted by atomic mass is 16.4. The third-order valence-corrected chi connectivity index (χ3v) is 4.77. The molecule has 0 amide bonds. The van der Waals surface area contributed by atoms with Crippen LogP contribution in [0.2, 0.25) is 0 Å². The molecule has 0 aliphatic carbocycles. The highest BCUT2D eigenvalue weighted by Crippen LogP contribution is 2.25. The minimum atomic E-state index is -0.833. The van der Waals surface area contributed by atoms with Crippen molar-refractivity contribution in [2.45, 2.75) is 26.3 Å². The molecule has 3 aromatic rings. The van der Waals surface area contributed by atoms with Gasteiger partial charge in [-0.25, -0.2) is 4.98 Å². The molecule has 170 valence electrons. The first-order chi connectivity index (χ1) is 15.9. The predicted octanol–water partition coefficient (Wildman–Crippen LogP) is 2.54. The Balaban J connectivity index is 0.000000709. The summed E-state index contributed by atoms with van der Waals surface area (Å²) in [5.41, 5.74) is 10.8. The van der Waals surface area contributed by atoms with E-state index < -0.39 is 5.97 Å². The van der Waals surface area contributed by atoms with Crippen LogP contribution in [0.25, 0.3) is 0 Å². The number of aliphatic imine (C=N–C) groups is 1. The van der Waals surface area contributed by atoms with Crippen LogP contribution >= 0.6 is 0 Å². The second kappa shape index (κ2) is 11.0. The van der Waals surface area contributed by atoms with Gasteiger partial charge >= 0.3 is 0 Å². The number of aliphatic hydroxyl groups is 1. The summed E-state index contributed by atoms with van der Waals surface area (Å²) in [5.74, 6) is -0.0658. The van der Waals surface area contributed by atoms with Gasteiger partial charge in [0.15, 0.2) is 5.78 Å². The number of aliphatic carboxylic acids is 1. The van der Waals surface area contributed by atoms with Crippen LogP contribution in [-0.2, 0) is 29.0 Å². The second-order valence-electron chi connectivity index (χ2n) is 7.37. The molecule has 1 aliphatic heterocycles. The quantitative estimate of drug-likeness (QED) is 0.431. The largest absolute Gasteiger partial charge is 0.481 e. The predicted molar refractivity (Wildman–Crippen MR) is 126 cm³/mol. The van der Waals surface area contributed by atoms with Gasteiger partial charge in [0.1, 0.15) is 11.5 Å². The van der Waals surface area contributed by atoms with E-state index in [1.165, 1.54) is 0 Å². The summed E-state index contributed by atoms with van der Waals surface area (Å²) >= 11 is 0. The first-order valence-electron chi connectivity index (χ1n) is 10.3. The van der Waals surface area contributed by atoms with Crippen molar-refractivity contribution in [2.75, 3.05) is 17.7 Å². The Labute approximate surface area is 191 Å². The number of hydrogen-bond donors (Lipinski definition) is 4. The van der Waals surface area contributed by atoms with Gasteiger partial charge in [-0.1, -0.05) is 30.3 Å². The number of ketones is 1. The summed E-state index contributed by atoms with van der Waals surface area (Å²) < 4.78 is 0. The van der Waals surface area contributed by atoms with Crippen LogP contribution < -0.4 is 11.1 Å². The smallest absolute Gasteiger partial charge is 0.300 e. The highest BCUT2D eigenvalue weighted by Gasteiger charge is 2.22. The van der Waals surface area contributed by atoms with Gasteiger partial charge in [0, 0.05) is 37.4 Å². The van der Waals surface area contributed by atoms with E-state index in [0.29, 0.717) is 24.5 Å². The van der Waals surface area contributed by atoms with Crippen molar-refractivity contribution >= 4 is 34.9 Å². The van der Waals surface area contributed by atoms with Gasteiger partial charge in [-0.3, -0.25) is 14.6 Å². The molecule has 2 aromatic carbocycles. The summed E-state index contributed by atoms with van der Waals surface area (Å²) in [7, 11) is 0. The molecule has 33 heavy (non-hydrogen) atoms. The van der Waals surface area contributed by atoms with Crippen molar-refractivity contribution in [3.63, 3.8) is 0 Å². The van der Waals surface area contributed by atoms with E-state index in [9.17, 15) is 4.79 Å². The van der Waals surface area contributed by atoms with Crippen molar-refractivity contribution in [1.82, 2.24) is 9.97 Å². The van der Waals surface area contributed by atoms with Crippen molar-refractivity contribution in [3.8, 4) is 0 Å². The van der Waals surface area contributed by atoms with Crippen molar-refractivity contribution in [2.24, 2.45) is 4.99 Å². The molecule has 0 radical (unpaired) electrons. The summed E-state index contributed by atoms with van der Waals surface area (Å²) in [4.78, 5) is 34.4. The molecule has 2 heterocycles. The van der Waals surface area contributed by atoms with Crippen LogP contribution in [0.3, 0.4) is 0 Å². The van der Waals surface area contributed by atoms with Crippen LogP contribution in [0.1, 0.15) is 29.2 Å². The third-order valence-electron chi connectivity index (χ3n) is 4.77. The molecule has 0 unspecified atom stereocenters. The molecule has 0 spiro atoms. The molecule has 0 fully saturated rings. The Hall–Kier alpha value is -4.11. The van der Waals surface area contributed by atoms with Crippen molar-refractivity contribution in [1.29, 1.82) is 0 Å². The molecule has 1 aliphatic rings. The molecule has 0 bridgehead atoms. The Bertz CT molecular complexity index is 1170. The fourth-order valence-corrected chi connectivity index (χ4v) is 3.31. The normalized spacial score (nSPS) is 11.6. The summed E-state index contributed by atoms with van der Waals surface area (Å²) in [6, 6.07) is 15.3. The number of nitrogens with one attached hydrogen (secondary N) is 1. The van der Waals surface area contributed by atoms with E-state index in [1.807, 2.05) is 42.5 Å². The number of nitrogen functional groups attached to an aromatic ring is 1. The Morgan fingerprint density at radius 1 is 1.09 bits per heavy atom. The Kier molecular flexibility index (Phi) is 7.82. The van der Waals surface area contributed by atoms with Crippen LogP contribution in [0.15, 0.2) is 59.7 Å². The number of aliphatic hydroxyl groups excluding tert-OH is 1. The monoisotopic (exact) mass is 447 g/mol. The number of fused-ring (bicyclic) bond motifs is 1. The zero-order valence-corrected chi connectivity index (χ0v) is 18.2. The van der Waals surface area contributed by atoms with Gasteiger partial charge in [0.05, 0.1) is 6.54 Å². The molecule has 9 heteroatoms. The summed E-state index contributed by atoms with van der Waals surface area (Å²) in [6.07, 6.45) is 2.49. The SMILES string of the molecule is CC(=O)O.Nc1nccc(Nc2ccc3c(c2)C(C(=O)Cc2ccc(CCO)cc2)=NC3)n1. The fraction of sp³-hybridized carbons (Fsp3) is 0.208. The lowest BCUT2D eigenvalue weighted by atomic mass is 9.98. The maximum atomic E-state index is 12.9. The molecule has 5 N–H and O–H groups in total. The molecule has 4 rings (SSSR count). The maximum absolute atomic E-state index is 12.9. The minimum Gasteiger partial charge on any atom is -0.481 e. The number of rotatable bonds is 7. The first kappa shape index (κ1) is 23.6. The topological polar surface area (TPSA) is 151 Å². The number of carbonyl (C=O) groups is 2. The van der Waals surface area contributed by atoms with Crippen LogP contribution in [0, 0.1) is 0 Å². The van der Waals surface area contributed by atoms with E-state index in [4.69, 9.17) is 20.7 Å². The zero-order chi connectivity index (χ0) is 23.8. The van der Waals surface area contributed by atoms with Crippen LogP contribution in [-0.4, -0.2) is 44.3 Å². The van der Waals surface area contributed by atoms with Gasteiger partial charge in [0.2, 0.25) is 5.95 Å². The first-order valence-corrected chi connectivity index (χ1v) is 10.3. The number of anilines is 3. The van der Waals surface area contributed by atoms with Gasteiger partial charge in [-0.15, -0.1) is 0 Å². The number of carbonyl (C=O) groups excluding carboxylic acids is 1. The number of carboxylic acids is 1. The van der Waals surface area contributed by atoms with Gasteiger partial charge in [-0.2, -0.15) is 4.98 Å². The molecular weight excluding hydrogens is 422 g/mol. The minimum absolute atomic E-state index is 0.0120. The summed E-state index contributed by atoms with van der Waals surface area (Å²) in [6.45, 7) is 1.70. The fourth-order valence-electron chi connectivity index (χ4n) is 3.31.